The number of methoxy groups -OCH3 is 1. The van der Waals surface area contributed by atoms with Gasteiger partial charge in [-0.2, -0.15) is 5.10 Å². The zero-order chi connectivity index (χ0) is 23.3. The topological polar surface area (TPSA) is 97.3 Å². The molecule has 0 aromatic heterocycles. The lowest BCUT2D eigenvalue weighted by Crippen LogP contribution is -2.41. The zero-order valence-electron chi connectivity index (χ0n) is 18.1. The van der Waals surface area contributed by atoms with E-state index >= 15 is 0 Å². The summed E-state index contributed by atoms with van der Waals surface area (Å²) in [7, 11) is 1.29. The lowest BCUT2D eigenvalue weighted by Gasteiger charge is -2.24. The van der Waals surface area contributed by atoms with Gasteiger partial charge < -0.3 is 14.8 Å². The quantitative estimate of drug-likeness (QED) is 0.640. The molecular weight excluding hydrogens is 434 g/mol. The van der Waals surface area contributed by atoms with Gasteiger partial charge in [-0.15, -0.1) is 0 Å². The van der Waals surface area contributed by atoms with Gasteiger partial charge in [-0.25, -0.2) is 4.79 Å². The van der Waals surface area contributed by atoms with Gasteiger partial charge in [0.05, 0.1) is 31.5 Å². The molecule has 1 N–H and O–H groups in total. The number of benzene rings is 2. The highest BCUT2D eigenvalue weighted by atomic mass is 35.5. The number of anilines is 1. The van der Waals surface area contributed by atoms with Gasteiger partial charge in [-0.1, -0.05) is 29.8 Å². The number of ether oxygens (including phenoxy) is 2. The average Bonchev–Trinajstić information content (AvgIpc) is 3.11. The molecule has 2 aromatic rings. The Balaban J connectivity index is 1.79. The fourth-order valence-electron chi connectivity index (χ4n) is 3.46. The average molecular weight is 458 g/mol. The summed E-state index contributed by atoms with van der Waals surface area (Å²) in [6.07, 6.45) is 0. The molecule has 0 radical (unpaired) electrons. The second-order valence-corrected chi connectivity index (χ2v) is 7.89. The molecule has 2 aromatic carbocycles. The van der Waals surface area contributed by atoms with E-state index in [2.05, 4.69) is 10.4 Å². The van der Waals surface area contributed by atoms with Crippen LogP contribution >= 0.6 is 11.6 Å². The number of carbonyl (C=O) groups excluding carboxylic acids is 3. The number of rotatable bonds is 7. The van der Waals surface area contributed by atoms with Gasteiger partial charge in [0.2, 0.25) is 5.91 Å². The van der Waals surface area contributed by atoms with Crippen LogP contribution in [0, 0.1) is 5.41 Å². The van der Waals surface area contributed by atoms with Crippen molar-refractivity contribution in [3.63, 3.8) is 0 Å². The van der Waals surface area contributed by atoms with E-state index in [4.69, 9.17) is 21.1 Å². The summed E-state index contributed by atoms with van der Waals surface area (Å²) in [5.41, 5.74) is 0.956. The van der Waals surface area contributed by atoms with Gasteiger partial charge in [0.1, 0.15) is 12.0 Å². The number of esters is 2. The number of halogens is 1. The van der Waals surface area contributed by atoms with Crippen molar-refractivity contribution >= 4 is 40.8 Å². The number of nitrogens with zero attached hydrogens (tertiary/aromatic N) is 2. The molecule has 0 spiro atoms. The largest absolute Gasteiger partial charge is 0.465 e. The second kappa shape index (κ2) is 9.82. The Morgan fingerprint density at radius 2 is 1.91 bits per heavy atom. The first-order valence-electron chi connectivity index (χ1n) is 10.0. The second-order valence-electron chi connectivity index (χ2n) is 7.45. The van der Waals surface area contributed by atoms with Gasteiger partial charge >= 0.3 is 11.9 Å². The molecule has 1 heterocycles. The van der Waals surface area contributed by atoms with Crippen molar-refractivity contribution in [1.29, 1.82) is 0 Å². The fourth-order valence-corrected chi connectivity index (χ4v) is 3.59. The summed E-state index contributed by atoms with van der Waals surface area (Å²) < 4.78 is 9.98. The molecule has 0 fully saturated rings. The highest BCUT2D eigenvalue weighted by Gasteiger charge is 2.47. The molecular formula is C23H24ClN3O5. The van der Waals surface area contributed by atoms with Crippen LogP contribution in [0.5, 0.6) is 0 Å². The molecule has 0 aliphatic carbocycles. The summed E-state index contributed by atoms with van der Waals surface area (Å²) in [5.74, 6) is -1.26. The molecule has 1 atom stereocenters. The normalized spacial score (nSPS) is 17.5. The lowest BCUT2D eigenvalue weighted by atomic mass is 9.82. The third kappa shape index (κ3) is 5.08. The summed E-state index contributed by atoms with van der Waals surface area (Å²) in [4.78, 5) is 37.1. The van der Waals surface area contributed by atoms with Crippen molar-refractivity contribution in [2.45, 2.75) is 13.8 Å². The first-order valence-corrected chi connectivity index (χ1v) is 10.4. The van der Waals surface area contributed by atoms with Crippen LogP contribution in [0.4, 0.5) is 5.69 Å². The van der Waals surface area contributed by atoms with Crippen LogP contribution < -0.4 is 5.32 Å². The molecule has 168 valence electrons. The molecule has 1 unspecified atom stereocenters. The SMILES string of the molecule is CCOC(=O)C1(C)CN(CC(=O)Nc2cccc(C(=O)OC)c2)N=C1c1ccc(Cl)cc1. The predicted molar refractivity (Wildman–Crippen MR) is 121 cm³/mol. The summed E-state index contributed by atoms with van der Waals surface area (Å²) >= 11 is 5.99. The van der Waals surface area contributed by atoms with Crippen LogP contribution in [0.2, 0.25) is 5.02 Å². The van der Waals surface area contributed by atoms with Crippen LogP contribution in [-0.2, 0) is 19.1 Å². The number of amides is 1. The van der Waals surface area contributed by atoms with Crippen molar-refractivity contribution < 1.29 is 23.9 Å². The Morgan fingerprint density at radius 1 is 1.19 bits per heavy atom. The Kier molecular flexibility index (Phi) is 7.15. The van der Waals surface area contributed by atoms with E-state index in [0.29, 0.717) is 22.0 Å². The predicted octanol–water partition coefficient (Wildman–Crippen LogP) is 3.35. The van der Waals surface area contributed by atoms with Crippen molar-refractivity contribution in [1.82, 2.24) is 5.01 Å². The Bertz CT molecular complexity index is 1050. The van der Waals surface area contributed by atoms with Crippen molar-refractivity contribution in [3.8, 4) is 0 Å². The molecule has 0 saturated carbocycles. The van der Waals surface area contributed by atoms with E-state index in [1.165, 1.54) is 18.2 Å². The van der Waals surface area contributed by atoms with Crippen LogP contribution in [0.1, 0.15) is 29.8 Å². The Morgan fingerprint density at radius 3 is 2.56 bits per heavy atom. The molecule has 0 saturated heterocycles. The Hall–Kier alpha value is -3.39. The summed E-state index contributed by atoms with van der Waals surface area (Å²) in [6.45, 7) is 3.81. The van der Waals surface area contributed by atoms with E-state index in [1.807, 2.05) is 0 Å². The number of hydrogen-bond acceptors (Lipinski definition) is 7. The minimum Gasteiger partial charge on any atom is -0.465 e. The van der Waals surface area contributed by atoms with Gasteiger partial charge in [0.15, 0.2) is 0 Å². The highest BCUT2D eigenvalue weighted by molar-refractivity contribution is 6.30. The minimum absolute atomic E-state index is 0.0888. The smallest absolute Gasteiger partial charge is 0.337 e. The van der Waals surface area contributed by atoms with Crippen LogP contribution in [0.15, 0.2) is 53.6 Å². The molecule has 9 heteroatoms. The molecule has 3 rings (SSSR count). The number of hydrogen-bond donors (Lipinski definition) is 1. The number of hydrazone groups is 1. The van der Waals surface area contributed by atoms with Crippen molar-refractivity contribution in [2.24, 2.45) is 10.5 Å². The molecule has 1 aliphatic rings. The van der Waals surface area contributed by atoms with Gasteiger partial charge in [0, 0.05) is 10.7 Å². The molecule has 8 nitrogen and oxygen atoms in total. The minimum atomic E-state index is -1.05. The van der Waals surface area contributed by atoms with E-state index in [9.17, 15) is 14.4 Å². The maximum absolute atomic E-state index is 12.8. The first-order chi connectivity index (χ1) is 15.3. The van der Waals surface area contributed by atoms with Gasteiger partial charge in [-0.05, 0) is 49.7 Å². The molecule has 0 bridgehead atoms. The Labute approximate surface area is 191 Å². The zero-order valence-corrected chi connectivity index (χ0v) is 18.8. The number of carbonyl (C=O) groups is 3. The van der Waals surface area contributed by atoms with E-state index < -0.39 is 17.4 Å². The monoisotopic (exact) mass is 457 g/mol. The maximum Gasteiger partial charge on any atom is 0.337 e. The van der Waals surface area contributed by atoms with Gasteiger partial charge in [0.25, 0.3) is 0 Å². The number of nitrogens with one attached hydrogen (secondary N) is 1. The lowest BCUT2D eigenvalue weighted by molar-refractivity contribution is -0.150. The molecule has 32 heavy (non-hydrogen) atoms. The van der Waals surface area contributed by atoms with E-state index in [-0.39, 0.29) is 25.6 Å². The van der Waals surface area contributed by atoms with Crippen LogP contribution in [-0.4, -0.2) is 55.4 Å². The van der Waals surface area contributed by atoms with Crippen molar-refractivity contribution in [2.75, 3.05) is 32.1 Å². The standard InChI is InChI=1S/C23H24ClN3O5/c1-4-32-22(30)23(2)14-27(26-20(23)15-8-10-17(24)11-9-15)13-19(28)25-18-7-5-6-16(12-18)21(29)31-3/h5-12H,4,13-14H2,1-3H3,(H,25,28). The van der Waals surface area contributed by atoms with Crippen LogP contribution in [0.3, 0.4) is 0 Å². The van der Waals surface area contributed by atoms with E-state index in [0.717, 1.165) is 5.56 Å². The molecule has 1 aliphatic heterocycles. The first kappa shape index (κ1) is 23.3. The third-order valence-corrected chi connectivity index (χ3v) is 5.25. The summed E-state index contributed by atoms with van der Waals surface area (Å²) in [6, 6.07) is 13.4. The molecule has 1 amide bonds. The van der Waals surface area contributed by atoms with E-state index in [1.54, 1.807) is 56.3 Å². The maximum atomic E-state index is 12.8. The van der Waals surface area contributed by atoms with Gasteiger partial charge in [-0.3, -0.25) is 14.6 Å². The third-order valence-electron chi connectivity index (χ3n) is 5.00. The van der Waals surface area contributed by atoms with Crippen LogP contribution in [0.25, 0.3) is 0 Å². The highest BCUT2D eigenvalue weighted by Crippen LogP contribution is 2.33. The fraction of sp³-hybridized carbons (Fsp3) is 0.304. The van der Waals surface area contributed by atoms with Crippen molar-refractivity contribution in [3.05, 3.63) is 64.7 Å². The summed E-state index contributed by atoms with van der Waals surface area (Å²) in [5, 5.41) is 9.39.